The van der Waals surface area contributed by atoms with Gasteiger partial charge in [-0.1, -0.05) is 279 Å². The van der Waals surface area contributed by atoms with Crippen molar-refractivity contribution in [2.75, 3.05) is 39.6 Å². The maximum Gasteiger partial charge on any atom is 0.407 e. The highest BCUT2D eigenvalue weighted by Gasteiger charge is 2.58. The third-order valence-electron chi connectivity index (χ3n) is 18.8. The van der Waals surface area contributed by atoms with Crippen LogP contribution in [0.3, 0.4) is 0 Å². The first-order chi connectivity index (χ1) is 54.3. The molecule has 12 rings (SSSR count). The van der Waals surface area contributed by atoms with E-state index in [2.05, 4.69) is 11.9 Å². The van der Waals surface area contributed by atoms with Gasteiger partial charge in [-0.15, -0.1) is 6.58 Å². The Morgan fingerprint density at radius 1 is 0.336 bits per heavy atom. The molecule has 9 aromatic carbocycles. The van der Waals surface area contributed by atoms with E-state index in [0.29, 0.717) is 6.42 Å². The molecule has 1 N–H and O–H groups in total. The highest BCUT2D eigenvalue weighted by Crippen LogP contribution is 2.40. The number of rotatable bonds is 42. The molecule has 0 spiro atoms. The topological polar surface area (TPSA) is 203 Å². The molecule has 3 saturated heterocycles. The fourth-order valence-electron chi connectivity index (χ4n) is 13.3. The van der Waals surface area contributed by atoms with E-state index >= 15 is 0 Å². The second kappa shape index (κ2) is 44.0. The van der Waals surface area contributed by atoms with Gasteiger partial charge in [-0.05, 0) is 56.5 Å². The molecule has 3 aliphatic rings. The van der Waals surface area contributed by atoms with Crippen LogP contribution in [-0.2, 0) is 145 Å². The van der Waals surface area contributed by atoms with E-state index in [9.17, 15) is 9.59 Å². The van der Waals surface area contributed by atoms with Crippen molar-refractivity contribution in [1.29, 1.82) is 0 Å². The van der Waals surface area contributed by atoms with Gasteiger partial charge >= 0.3 is 12.1 Å². The molecule has 3 fully saturated rings. The molecular weight excluding hydrogens is 1400 g/mol. The summed E-state index contributed by atoms with van der Waals surface area (Å²) in [6.45, 7) is 6.66. The molecule has 3 aliphatic heterocycles. The number of alkyl carbamates (subject to hydrolysis) is 1. The van der Waals surface area contributed by atoms with Gasteiger partial charge in [0.05, 0.1) is 85.9 Å². The number of nitrogens with one attached hydrogen (secondary N) is 1. The number of esters is 1. The number of amides is 1. The second-order valence-corrected chi connectivity index (χ2v) is 27.0. The molecule has 9 aromatic rings. The third kappa shape index (κ3) is 24.9. The maximum absolute atomic E-state index is 14.0. The molecule has 0 radical (unpaired) electrons. The van der Waals surface area contributed by atoms with Gasteiger partial charge in [0, 0.05) is 13.5 Å². The average Bonchev–Trinajstić information content (AvgIpc) is 0.766. The van der Waals surface area contributed by atoms with Crippen molar-refractivity contribution in [2.24, 2.45) is 0 Å². The lowest BCUT2D eigenvalue weighted by Gasteiger charge is -2.52. The summed E-state index contributed by atoms with van der Waals surface area (Å²) in [5, 5.41) is 2.88. The minimum Gasteiger partial charge on any atom is -0.454 e. The van der Waals surface area contributed by atoms with Crippen LogP contribution in [-0.4, -0.2) is 144 Å². The first-order valence-corrected chi connectivity index (χ1v) is 37.6. The Balaban J connectivity index is 0.980. The smallest absolute Gasteiger partial charge is 0.407 e. The minimum atomic E-state index is -1.55. The Labute approximate surface area is 644 Å². The molecule has 578 valence electrons. The lowest BCUT2D eigenvalue weighted by atomic mass is 9.95. The molecule has 3 heterocycles. The first kappa shape index (κ1) is 80.4. The van der Waals surface area contributed by atoms with Crippen molar-refractivity contribution < 1.29 is 90.1 Å². The number of hydrogen-bond acceptors (Lipinski definition) is 19. The molecule has 15 atom stereocenters. The second-order valence-electron chi connectivity index (χ2n) is 27.0. The summed E-state index contributed by atoms with van der Waals surface area (Å²) in [7, 11) is 0. The molecule has 1 amide bonds. The summed E-state index contributed by atoms with van der Waals surface area (Å²) >= 11 is 0. The zero-order chi connectivity index (χ0) is 75.6. The van der Waals surface area contributed by atoms with Gasteiger partial charge in [0.15, 0.2) is 25.0 Å². The molecule has 0 saturated carbocycles. The predicted octanol–water partition coefficient (Wildman–Crippen LogP) is 14.3. The van der Waals surface area contributed by atoms with Crippen LogP contribution in [0, 0.1) is 0 Å². The number of ether oxygens (including phenoxy) is 17. The van der Waals surface area contributed by atoms with Crippen molar-refractivity contribution in [3.8, 4) is 0 Å². The van der Waals surface area contributed by atoms with Crippen LogP contribution in [0.1, 0.15) is 63.4 Å². The monoisotopic (exact) mass is 1500 g/mol. The standard InChI is InChI=1S/C90H99NO19/c1-3-51-97-81-78(99-56-69-38-19-7-20-39-69)76(63-95-54-67-34-15-5-16-35-67)107-88(85(81)105-65(2)92)110-86-83(103-60-73-46-27-11-28-47-73)80(101-58-71-42-23-9-24-43-71)77(64-96-55-68-36-17-6-18-37-68)108-89(86)109-84-82(102-59-72-44-25-10-26-45-72)79(100-57-70-40-21-8-22-41-70)75(62-94-53-66-32-13-4-14-33-66)106-87(84)98-52-31-50-91-90(93)104-61-74-48-29-12-30-49-74/h3-30,32-49,75-89H,1,31,50-64H2,2H3,(H,91,93)/t75-,76-,77-,78-,79-,80-,81+,82+,83+,84+,85+,86+,87+,88-,89-/m1/s1. The zero-order valence-corrected chi connectivity index (χ0v) is 62.0. The number of hydrogen-bond donors (Lipinski definition) is 1. The molecular formula is C90H99NO19. The summed E-state index contributed by atoms with van der Waals surface area (Å²) in [5.41, 5.74) is 7.93. The number of benzene rings is 9. The fraction of sp³-hybridized carbons (Fsp3) is 0.356. The van der Waals surface area contributed by atoms with Crippen LogP contribution in [0.15, 0.2) is 286 Å². The van der Waals surface area contributed by atoms with Crippen molar-refractivity contribution in [3.63, 3.8) is 0 Å². The summed E-state index contributed by atoms with van der Waals surface area (Å²) in [6.07, 6.45) is -16.2. The molecule has 0 aromatic heterocycles. The van der Waals surface area contributed by atoms with Crippen LogP contribution in [0.4, 0.5) is 4.79 Å². The average molecular weight is 1500 g/mol. The summed E-state index contributed by atoms with van der Waals surface area (Å²) in [4.78, 5) is 27.2. The largest absolute Gasteiger partial charge is 0.454 e. The number of carbonyl (C=O) groups is 2. The highest BCUT2D eigenvalue weighted by atomic mass is 16.8. The van der Waals surface area contributed by atoms with Gasteiger partial charge in [-0.3, -0.25) is 4.79 Å². The van der Waals surface area contributed by atoms with E-state index < -0.39 is 104 Å². The summed E-state index contributed by atoms with van der Waals surface area (Å²) < 4.78 is 120. The SMILES string of the molecule is C=CCO[C@@H]1[C@H](OC(C)=O)[C@@H](O[C@@H]2[C@@H](O[C@@H]3[C@@H](OCCCNC(=O)OCc4ccccc4)O[C@H](COCc4ccccc4)[C@@H](OCc4ccccc4)[C@@H]3OCc3ccccc3)O[C@H](COCc3ccccc3)[C@@H](OCc3ccccc3)[C@@H]2OCc2ccccc2)O[C@H](COCc2ccccc2)[C@H]1OCc1ccccc1. The molecule has 20 heteroatoms. The minimum absolute atomic E-state index is 0.00668. The Kier molecular flexibility index (Phi) is 32.2. The Morgan fingerprint density at radius 2 is 0.618 bits per heavy atom. The van der Waals surface area contributed by atoms with Gasteiger partial charge in [-0.25, -0.2) is 4.79 Å². The first-order valence-electron chi connectivity index (χ1n) is 37.6. The molecule has 0 aliphatic carbocycles. The van der Waals surface area contributed by atoms with Gasteiger partial charge in [0.2, 0.25) is 0 Å². The van der Waals surface area contributed by atoms with Gasteiger partial charge in [-0.2, -0.15) is 0 Å². The Morgan fingerprint density at radius 3 is 0.945 bits per heavy atom. The van der Waals surface area contributed by atoms with Gasteiger partial charge < -0.3 is 85.8 Å². The Hall–Kier alpha value is -9.14. The third-order valence-corrected chi connectivity index (χ3v) is 18.8. The predicted molar refractivity (Wildman–Crippen MR) is 410 cm³/mol. The van der Waals surface area contributed by atoms with E-state index in [1.165, 1.54) is 6.92 Å². The fourth-order valence-corrected chi connectivity index (χ4v) is 13.3. The van der Waals surface area contributed by atoms with Crippen LogP contribution in [0.25, 0.3) is 0 Å². The van der Waals surface area contributed by atoms with E-state index in [0.717, 1.165) is 50.1 Å². The molecule has 0 bridgehead atoms. The molecule has 0 unspecified atom stereocenters. The quantitative estimate of drug-likeness (QED) is 0.0215. The number of carbonyl (C=O) groups excluding carboxylic acids is 2. The van der Waals surface area contributed by atoms with Crippen LogP contribution in [0.2, 0.25) is 0 Å². The van der Waals surface area contributed by atoms with Crippen LogP contribution in [0.5, 0.6) is 0 Å². The van der Waals surface area contributed by atoms with Crippen molar-refractivity contribution in [3.05, 3.63) is 336 Å². The van der Waals surface area contributed by atoms with E-state index in [-0.39, 0.29) is 99.0 Å². The molecule has 20 nitrogen and oxygen atoms in total. The summed E-state index contributed by atoms with van der Waals surface area (Å²) in [6, 6.07) is 87.8. The van der Waals surface area contributed by atoms with Gasteiger partial charge in [0.1, 0.15) is 73.8 Å². The van der Waals surface area contributed by atoms with E-state index in [1.54, 1.807) is 6.08 Å². The maximum atomic E-state index is 14.0. The Bertz CT molecular complexity index is 4040. The van der Waals surface area contributed by atoms with Crippen LogP contribution >= 0.6 is 0 Å². The van der Waals surface area contributed by atoms with Gasteiger partial charge in [0.25, 0.3) is 0 Å². The zero-order valence-electron chi connectivity index (χ0n) is 62.0. The lowest BCUT2D eigenvalue weighted by Crippen LogP contribution is -2.68. The normalized spacial score (nSPS) is 23.9. The lowest BCUT2D eigenvalue weighted by molar-refractivity contribution is -0.404. The van der Waals surface area contributed by atoms with Crippen molar-refractivity contribution in [2.45, 2.75) is 165 Å². The van der Waals surface area contributed by atoms with E-state index in [4.69, 9.17) is 80.5 Å². The van der Waals surface area contributed by atoms with Crippen molar-refractivity contribution in [1.82, 2.24) is 5.32 Å². The van der Waals surface area contributed by atoms with Crippen LogP contribution < -0.4 is 5.32 Å². The molecule has 110 heavy (non-hydrogen) atoms. The van der Waals surface area contributed by atoms with Crippen molar-refractivity contribution >= 4 is 12.1 Å². The highest BCUT2D eigenvalue weighted by molar-refractivity contribution is 5.67. The summed E-state index contributed by atoms with van der Waals surface area (Å²) in [5.74, 6) is -0.662. The van der Waals surface area contributed by atoms with E-state index in [1.807, 2.05) is 273 Å².